The molecule has 0 aliphatic heterocycles. The van der Waals surface area contributed by atoms with Crippen molar-refractivity contribution in [3.05, 3.63) is 88.4 Å². The Hall–Kier alpha value is -3.25. The Kier molecular flexibility index (Phi) is 5.04. The zero-order valence-corrected chi connectivity index (χ0v) is 15.9. The number of fused-ring (bicyclic) bond motifs is 1. The molecule has 1 N–H and O–H groups in total. The van der Waals surface area contributed by atoms with Crippen molar-refractivity contribution in [3.8, 4) is 0 Å². The van der Waals surface area contributed by atoms with Crippen LogP contribution in [0, 0.1) is 12.7 Å². The molecule has 2 aromatic carbocycles. The lowest BCUT2D eigenvalue weighted by atomic mass is 10.1. The van der Waals surface area contributed by atoms with Crippen molar-refractivity contribution in [3.63, 3.8) is 0 Å². The highest BCUT2D eigenvalue weighted by Gasteiger charge is 2.08. The predicted molar refractivity (Wildman–Crippen MR) is 110 cm³/mol. The Morgan fingerprint density at radius 3 is 2.96 bits per heavy atom. The Labute approximate surface area is 165 Å². The average molecular weight is 392 g/mol. The molecule has 4 aromatic rings. The van der Waals surface area contributed by atoms with Crippen molar-refractivity contribution < 1.29 is 13.6 Å². The number of rotatable bonds is 5. The highest BCUT2D eigenvalue weighted by molar-refractivity contribution is 7.15. The minimum Gasteiger partial charge on any atom is -0.457 e. The van der Waals surface area contributed by atoms with Crippen LogP contribution in [-0.2, 0) is 11.2 Å². The highest BCUT2D eigenvalue weighted by Crippen LogP contribution is 2.23. The third kappa shape index (κ3) is 4.18. The number of carbonyl (C=O) groups excluding carboxylic acids is 1. The fourth-order valence-electron chi connectivity index (χ4n) is 2.82. The second-order valence-electron chi connectivity index (χ2n) is 6.41. The molecular weight excluding hydrogens is 375 g/mol. The number of anilines is 1. The van der Waals surface area contributed by atoms with Crippen LogP contribution in [0.5, 0.6) is 0 Å². The Balaban J connectivity index is 1.40. The van der Waals surface area contributed by atoms with Crippen molar-refractivity contribution in [2.45, 2.75) is 13.3 Å². The van der Waals surface area contributed by atoms with E-state index in [9.17, 15) is 9.18 Å². The van der Waals surface area contributed by atoms with Crippen LogP contribution in [0.3, 0.4) is 0 Å². The van der Waals surface area contributed by atoms with Crippen LogP contribution in [0.15, 0.2) is 65.2 Å². The van der Waals surface area contributed by atoms with Crippen molar-refractivity contribution in [1.82, 2.24) is 4.98 Å². The summed E-state index contributed by atoms with van der Waals surface area (Å²) in [6, 6.07) is 14.5. The smallest absolute Gasteiger partial charge is 0.250 e. The van der Waals surface area contributed by atoms with Gasteiger partial charge in [-0.3, -0.25) is 10.1 Å². The summed E-state index contributed by atoms with van der Waals surface area (Å²) in [5.74, 6) is 0.0593. The third-order valence-corrected chi connectivity index (χ3v) is 5.11. The van der Waals surface area contributed by atoms with Gasteiger partial charge in [-0.05, 0) is 42.3 Å². The van der Waals surface area contributed by atoms with E-state index in [0.717, 1.165) is 21.4 Å². The molecule has 1 amide bonds. The second kappa shape index (κ2) is 7.78. The molecule has 2 aromatic heterocycles. The number of amides is 1. The summed E-state index contributed by atoms with van der Waals surface area (Å²) in [6.45, 7) is 2.00. The molecule has 0 unspecified atom stereocenters. The van der Waals surface area contributed by atoms with E-state index in [0.29, 0.717) is 22.9 Å². The van der Waals surface area contributed by atoms with Crippen LogP contribution in [-0.4, -0.2) is 10.9 Å². The number of aromatic nitrogens is 1. The molecule has 4 nitrogen and oxygen atoms in total. The summed E-state index contributed by atoms with van der Waals surface area (Å²) in [5, 5.41) is 4.18. The average Bonchev–Trinajstić information content (AvgIpc) is 3.28. The van der Waals surface area contributed by atoms with Gasteiger partial charge < -0.3 is 4.42 Å². The van der Waals surface area contributed by atoms with Crippen molar-refractivity contribution in [2.75, 3.05) is 5.32 Å². The molecule has 6 heteroatoms. The Morgan fingerprint density at radius 1 is 1.25 bits per heavy atom. The van der Waals surface area contributed by atoms with Crippen LogP contribution >= 0.6 is 11.3 Å². The molecule has 0 aliphatic rings. The van der Waals surface area contributed by atoms with E-state index in [1.54, 1.807) is 30.5 Å². The molecule has 0 aliphatic carbocycles. The standard InChI is InChI=1S/C22H17FN2O2S/c1-14-6-7-16-11-17(27-20(16)10-14)8-9-21(26)25-22-24-13-18(28-22)12-15-4-2-3-5-19(15)23/h2-11,13H,12H2,1H3,(H,24,25,26). The maximum atomic E-state index is 13.7. The Bertz CT molecular complexity index is 1180. The van der Waals surface area contributed by atoms with Crippen LogP contribution < -0.4 is 5.32 Å². The molecule has 0 radical (unpaired) electrons. The summed E-state index contributed by atoms with van der Waals surface area (Å²) in [6.07, 6.45) is 5.12. The summed E-state index contributed by atoms with van der Waals surface area (Å²) in [4.78, 5) is 17.2. The molecule has 0 atom stereocenters. The number of carbonyl (C=O) groups is 1. The fourth-order valence-corrected chi connectivity index (χ4v) is 3.66. The van der Waals surface area contributed by atoms with E-state index in [4.69, 9.17) is 4.42 Å². The number of benzene rings is 2. The van der Waals surface area contributed by atoms with E-state index in [2.05, 4.69) is 10.3 Å². The van der Waals surface area contributed by atoms with Gasteiger partial charge >= 0.3 is 0 Å². The molecule has 0 spiro atoms. The third-order valence-electron chi connectivity index (χ3n) is 4.20. The number of nitrogens with zero attached hydrogens (tertiary/aromatic N) is 1. The zero-order chi connectivity index (χ0) is 19.5. The van der Waals surface area contributed by atoms with Gasteiger partial charge in [0.05, 0.1) is 0 Å². The molecule has 0 saturated heterocycles. The number of hydrogen-bond acceptors (Lipinski definition) is 4. The highest BCUT2D eigenvalue weighted by atomic mass is 32.1. The first-order valence-electron chi connectivity index (χ1n) is 8.74. The minimum atomic E-state index is -0.302. The van der Waals surface area contributed by atoms with Crippen molar-refractivity contribution in [1.29, 1.82) is 0 Å². The zero-order valence-electron chi connectivity index (χ0n) is 15.1. The number of halogens is 1. The van der Waals surface area contributed by atoms with E-state index in [1.807, 2.05) is 31.2 Å². The largest absolute Gasteiger partial charge is 0.457 e. The molecule has 140 valence electrons. The van der Waals surface area contributed by atoms with Gasteiger partial charge in [-0.1, -0.05) is 30.3 Å². The molecule has 28 heavy (non-hydrogen) atoms. The first-order chi connectivity index (χ1) is 13.6. The monoisotopic (exact) mass is 392 g/mol. The van der Waals surface area contributed by atoms with Crippen LogP contribution in [0.4, 0.5) is 9.52 Å². The van der Waals surface area contributed by atoms with E-state index in [-0.39, 0.29) is 11.7 Å². The van der Waals surface area contributed by atoms with Crippen LogP contribution in [0.1, 0.15) is 21.8 Å². The quantitative estimate of drug-likeness (QED) is 0.451. The Morgan fingerprint density at radius 2 is 2.11 bits per heavy atom. The lowest BCUT2D eigenvalue weighted by molar-refractivity contribution is -0.111. The normalized spacial score (nSPS) is 11.4. The van der Waals surface area contributed by atoms with Gasteiger partial charge in [-0.25, -0.2) is 9.37 Å². The molecule has 2 heterocycles. The summed E-state index contributed by atoms with van der Waals surface area (Å²) < 4.78 is 19.5. The number of nitrogens with one attached hydrogen (secondary N) is 1. The van der Waals surface area contributed by atoms with Crippen LogP contribution in [0.25, 0.3) is 17.0 Å². The first-order valence-corrected chi connectivity index (χ1v) is 9.56. The van der Waals surface area contributed by atoms with Crippen molar-refractivity contribution >= 4 is 39.4 Å². The maximum Gasteiger partial charge on any atom is 0.250 e. The van der Waals surface area contributed by atoms with Gasteiger partial charge in [-0.2, -0.15) is 0 Å². The van der Waals surface area contributed by atoms with Gasteiger partial charge in [0.1, 0.15) is 17.2 Å². The molecule has 0 saturated carbocycles. The summed E-state index contributed by atoms with van der Waals surface area (Å²) >= 11 is 1.32. The number of furan rings is 1. The molecule has 4 rings (SSSR count). The van der Waals surface area contributed by atoms with Crippen LogP contribution in [0.2, 0.25) is 0 Å². The molecule has 0 fully saturated rings. The minimum absolute atomic E-state index is 0.245. The summed E-state index contributed by atoms with van der Waals surface area (Å²) in [5.41, 5.74) is 2.51. The fraction of sp³-hybridized carbons (Fsp3) is 0.0909. The number of thiazole rings is 1. The number of hydrogen-bond donors (Lipinski definition) is 1. The second-order valence-corrected chi connectivity index (χ2v) is 7.53. The topological polar surface area (TPSA) is 55.1 Å². The van der Waals surface area contributed by atoms with E-state index >= 15 is 0 Å². The van der Waals surface area contributed by atoms with Gasteiger partial charge in [0.2, 0.25) is 5.91 Å². The SMILES string of the molecule is Cc1ccc2cc(C=CC(=O)Nc3ncc(Cc4ccccc4F)s3)oc2c1. The maximum absolute atomic E-state index is 13.7. The van der Waals surface area contributed by atoms with E-state index in [1.165, 1.54) is 23.5 Å². The summed E-state index contributed by atoms with van der Waals surface area (Å²) in [7, 11) is 0. The van der Waals surface area contributed by atoms with Gasteiger partial charge in [0.25, 0.3) is 0 Å². The first kappa shape index (κ1) is 18.1. The molecular formula is C22H17FN2O2S. The van der Waals surface area contributed by atoms with Gasteiger partial charge in [0.15, 0.2) is 5.13 Å². The molecule has 0 bridgehead atoms. The lowest BCUT2D eigenvalue weighted by Crippen LogP contribution is -2.06. The lowest BCUT2D eigenvalue weighted by Gasteiger charge is -1.99. The predicted octanol–water partition coefficient (Wildman–Crippen LogP) is 5.58. The number of aryl methyl sites for hydroxylation is 1. The van der Waals surface area contributed by atoms with Crippen molar-refractivity contribution in [2.24, 2.45) is 0 Å². The van der Waals surface area contributed by atoms with Gasteiger partial charge in [0, 0.05) is 29.0 Å². The van der Waals surface area contributed by atoms with E-state index < -0.39 is 0 Å². The van der Waals surface area contributed by atoms with Gasteiger partial charge in [-0.15, -0.1) is 11.3 Å².